The third-order valence-corrected chi connectivity index (χ3v) is 2.24. The average molecular weight is 326 g/mol. The largest absolute Gasteiger partial charge is 0.463 e. The van der Waals surface area contributed by atoms with Crippen LogP contribution >= 0.6 is 0 Å². The molecule has 0 N–H and O–H groups in total. The zero-order valence-electron chi connectivity index (χ0n) is 13.2. The number of carbonyl (C=O) groups is 1. The summed E-state index contributed by atoms with van der Waals surface area (Å²) in [7, 11) is 0. The van der Waals surface area contributed by atoms with E-state index in [2.05, 4.69) is 0 Å². The molecule has 0 amide bonds. The van der Waals surface area contributed by atoms with Gasteiger partial charge in [0.05, 0.1) is 66.1 Å². The first kappa shape index (κ1) is 21.2. The number of halogens is 1. The summed E-state index contributed by atoms with van der Waals surface area (Å²) in [6, 6.07) is 0. The number of ether oxygens (including phenoxy) is 6. The second-order valence-electron chi connectivity index (χ2n) is 4.09. The molecule has 7 nitrogen and oxygen atoms in total. The highest BCUT2D eigenvalue weighted by atomic mass is 19.1. The van der Waals surface area contributed by atoms with E-state index in [9.17, 15) is 9.18 Å². The molecule has 0 saturated carbocycles. The predicted molar refractivity (Wildman–Crippen MR) is 76.7 cm³/mol. The van der Waals surface area contributed by atoms with Crippen molar-refractivity contribution in [1.82, 2.24) is 0 Å². The highest BCUT2D eigenvalue weighted by Gasteiger charge is 1.94. The van der Waals surface area contributed by atoms with Crippen LogP contribution in [0.1, 0.15) is 6.92 Å². The fraction of sp³-hybridized carbons (Fsp3) is 0.929. The first-order valence-electron chi connectivity index (χ1n) is 7.35. The summed E-state index contributed by atoms with van der Waals surface area (Å²) < 4.78 is 42.2. The van der Waals surface area contributed by atoms with E-state index in [4.69, 9.17) is 28.4 Å². The van der Waals surface area contributed by atoms with E-state index in [1.165, 1.54) is 6.92 Å². The van der Waals surface area contributed by atoms with Gasteiger partial charge in [0.15, 0.2) is 0 Å². The van der Waals surface area contributed by atoms with Crippen LogP contribution < -0.4 is 0 Å². The molecule has 0 radical (unpaired) electrons. The van der Waals surface area contributed by atoms with Gasteiger partial charge in [-0.1, -0.05) is 0 Å². The molecule has 0 saturated heterocycles. The summed E-state index contributed by atoms with van der Waals surface area (Å²) in [6.07, 6.45) is 0. The Bertz CT molecular complexity index is 241. The molecule has 0 aliphatic carbocycles. The molecular formula is C14H27FO7. The predicted octanol–water partition coefficient (Wildman–Crippen LogP) is 0.602. The summed E-state index contributed by atoms with van der Waals surface area (Å²) in [5.41, 5.74) is 0. The molecule has 0 aromatic rings. The Balaban J connectivity index is 2.95. The zero-order chi connectivity index (χ0) is 16.3. The van der Waals surface area contributed by atoms with Crippen LogP contribution in [0.5, 0.6) is 0 Å². The van der Waals surface area contributed by atoms with Crippen LogP contribution in [0.15, 0.2) is 0 Å². The monoisotopic (exact) mass is 326 g/mol. The Morgan fingerprint density at radius 1 is 0.636 bits per heavy atom. The molecular weight excluding hydrogens is 299 g/mol. The van der Waals surface area contributed by atoms with E-state index in [-0.39, 0.29) is 19.2 Å². The summed E-state index contributed by atoms with van der Waals surface area (Å²) in [5, 5.41) is 0. The maximum atomic E-state index is 11.7. The lowest BCUT2D eigenvalue weighted by atomic mass is 10.7. The van der Waals surface area contributed by atoms with Crippen molar-refractivity contribution in [2.24, 2.45) is 0 Å². The minimum atomic E-state index is -0.472. The van der Waals surface area contributed by atoms with Crippen LogP contribution in [0, 0.1) is 0 Å². The van der Waals surface area contributed by atoms with Crippen molar-refractivity contribution < 1.29 is 37.6 Å². The van der Waals surface area contributed by atoms with E-state index in [0.717, 1.165) is 0 Å². The number of esters is 1. The minimum Gasteiger partial charge on any atom is -0.463 e. The fourth-order valence-electron chi connectivity index (χ4n) is 1.28. The van der Waals surface area contributed by atoms with Gasteiger partial charge in [0.2, 0.25) is 0 Å². The lowest BCUT2D eigenvalue weighted by Gasteiger charge is -2.07. The number of hydrogen-bond donors (Lipinski definition) is 0. The molecule has 0 fully saturated rings. The molecule has 0 bridgehead atoms. The molecule has 0 spiro atoms. The maximum Gasteiger partial charge on any atom is 0.302 e. The van der Waals surface area contributed by atoms with Crippen molar-refractivity contribution in [3.05, 3.63) is 0 Å². The molecule has 0 aliphatic rings. The Morgan fingerprint density at radius 2 is 0.955 bits per heavy atom. The molecule has 0 unspecified atom stereocenters. The van der Waals surface area contributed by atoms with E-state index in [1.807, 2.05) is 0 Å². The summed E-state index contributed by atoms with van der Waals surface area (Å²) >= 11 is 0. The molecule has 0 atom stereocenters. The first-order chi connectivity index (χ1) is 10.8. The molecule has 0 aromatic heterocycles. The third kappa shape index (κ3) is 19.2. The van der Waals surface area contributed by atoms with Crippen molar-refractivity contribution in [3.63, 3.8) is 0 Å². The molecule has 0 heterocycles. The van der Waals surface area contributed by atoms with Crippen LogP contribution in [0.2, 0.25) is 0 Å². The second kappa shape index (κ2) is 18.2. The van der Waals surface area contributed by atoms with Gasteiger partial charge in [-0.15, -0.1) is 0 Å². The van der Waals surface area contributed by atoms with Crippen LogP contribution in [-0.2, 0) is 33.2 Å². The fourth-order valence-corrected chi connectivity index (χ4v) is 1.28. The van der Waals surface area contributed by atoms with Crippen LogP contribution in [-0.4, -0.2) is 85.3 Å². The zero-order valence-corrected chi connectivity index (χ0v) is 13.2. The highest BCUT2D eigenvalue weighted by Crippen LogP contribution is 1.84. The quantitative estimate of drug-likeness (QED) is 0.286. The van der Waals surface area contributed by atoms with Crippen molar-refractivity contribution in [2.75, 3.05) is 79.4 Å². The van der Waals surface area contributed by atoms with Crippen molar-refractivity contribution in [1.29, 1.82) is 0 Å². The maximum absolute atomic E-state index is 11.7. The third-order valence-electron chi connectivity index (χ3n) is 2.24. The van der Waals surface area contributed by atoms with Crippen LogP contribution in [0.25, 0.3) is 0 Å². The number of carbonyl (C=O) groups excluding carboxylic acids is 1. The average Bonchev–Trinajstić information content (AvgIpc) is 2.50. The van der Waals surface area contributed by atoms with Crippen molar-refractivity contribution in [2.45, 2.75) is 6.92 Å². The van der Waals surface area contributed by atoms with Gasteiger partial charge in [-0.25, -0.2) is 4.39 Å². The number of rotatable bonds is 17. The SMILES string of the molecule is CC(=O)OCCOCCOCCOCCOCCOCCF. The van der Waals surface area contributed by atoms with Gasteiger partial charge in [0.1, 0.15) is 13.3 Å². The highest BCUT2D eigenvalue weighted by molar-refractivity contribution is 5.65. The van der Waals surface area contributed by atoms with E-state index in [1.54, 1.807) is 0 Å². The number of alkyl halides is 1. The molecule has 0 aromatic carbocycles. The molecule has 0 aliphatic heterocycles. The van der Waals surface area contributed by atoms with Gasteiger partial charge < -0.3 is 28.4 Å². The Morgan fingerprint density at radius 3 is 1.27 bits per heavy atom. The Hall–Kier alpha value is -0.800. The normalized spacial score (nSPS) is 10.8. The summed E-state index contributed by atoms with van der Waals surface area (Å²) in [6.45, 7) is 5.28. The van der Waals surface area contributed by atoms with Gasteiger partial charge in [0.25, 0.3) is 0 Å². The van der Waals surface area contributed by atoms with Gasteiger partial charge in [0, 0.05) is 6.92 Å². The Kier molecular flexibility index (Phi) is 17.6. The standard InChI is InChI=1S/C14H27FO7/c1-14(16)22-13-12-21-11-10-20-9-8-19-7-6-18-5-4-17-3-2-15/h2-13H2,1H3. The van der Waals surface area contributed by atoms with E-state index in [0.29, 0.717) is 59.5 Å². The first-order valence-corrected chi connectivity index (χ1v) is 7.35. The summed E-state index contributed by atoms with van der Waals surface area (Å²) in [4.78, 5) is 10.5. The van der Waals surface area contributed by atoms with Gasteiger partial charge in [-0.2, -0.15) is 0 Å². The van der Waals surface area contributed by atoms with Gasteiger partial charge in [-0.05, 0) is 0 Å². The van der Waals surface area contributed by atoms with Gasteiger partial charge in [-0.3, -0.25) is 4.79 Å². The molecule has 0 rings (SSSR count). The van der Waals surface area contributed by atoms with E-state index >= 15 is 0 Å². The van der Waals surface area contributed by atoms with E-state index < -0.39 is 6.67 Å². The number of hydrogen-bond acceptors (Lipinski definition) is 7. The topological polar surface area (TPSA) is 72.5 Å². The van der Waals surface area contributed by atoms with Crippen molar-refractivity contribution in [3.8, 4) is 0 Å². The smallest absolute Gasteiger partial charge is 0.302 e. The van der Waals surface area contributed by atoms with Gasteiger partial charge >= 0.3 is 5.97 Å². The molecule has 22 heavy (non-hydrogen) atoms. The van der Waals surface area contributed by atoms with Crippen LogP contribution in [0.3, 0.4) is 0 Å². The van der Waals surface area contributed by atoms with Crippen LogP contribution in [0.4, 0.5) is 4.39 Å². The summed E-state index contributed by atoms with van der Waals surface area (Å²) in [5.74, 6) is -0.312. The lowest BCUT2D eigenvalue weighted by Crippen LogP contribution is -2.14. The minimum absolute atomic E-state index is 0.116. The molecule has 132 valence electrons. The Labute approximate surface area is 130 Å². The second-order valence-corrected chi connectivity index (χ2v) is 4.09. The molecule has 8 heteroatoms. The lowest BCUT2D eigenvalue weighted by molar-refractivity contribution is -0.142. The van der Waals surface area contributed by atoms with Crippen molar-refractivity contribution >= 4 is 5.97 Å².